The molecule has 0 bridgehead atoms. The van der Waals surface area contributed by atoms with Crippen LogP contribution in [0.5, 0.6) is 0 Å². The number of hydrogen-bond donors (Lipinski definition) is 0. The summed E-state index contributed by atoms with van der Waals surface area (Å²) in [6.45, 7) is 0.851. The monoisotopic (exact) mass is 261 g/mol. The van der Waals surface area contributed by atoms with Crippen LogP contribution in [0.25, 0.3) is 0 Å². The smallest absolute Gasteiger partial charge is 0.0722 e. The van der Waals surface area contributed by atoms with Gasteiger partial charge in [0.1, 0.15) is 0 Å². The van der Waals surface area contributed by atoms with E-state index in [0.717, 1.165) is 16.6 Å². The number of nitrogens with zero attached hydrogens (tertiary/aromatic N) is 1. The predicted molar refractivity (Wildman–Crippen MR) is 61.3 cm³/mol. The fourth-order valence-electron chi connectivity index (χ4n) is 1.15. The first-order valence-corrected chi connectivity index (χ1v) is 5.37. The molecular weight excluding hydrogens is 249 g/mol. The van der Waals surface area contributed by atoms with Crippen molar-refractivity contribution in [2.75, 3.05) is 20.6 Å². The van der Waals surface area contributed by atoms with Gasteiger partial charge in [-0.05, 0) is 25.7 Å². The zero-order valence-electron chi connectivity index (χ0n) is 7.80. The third-order valence-corrected chi connectivity index (χ3v) is 2.86. The molecule has 0 spiro atoms. The van der Waals surface area contributed by atoms with Gasteiger partial charge in [0, 0.05) is 11.0 Å². The zero-order chi connectivity index (χ0) is 9.84. The molecule has 1 unspecified atom stereocenters. The third-order valence-electron chi connectivity index (χ3n) is 1.77. The molecule has 1 nitrogen and oxygen atoms in total. The minimum atomic E-state index is 0.0468. The Bertz CT molecular complexity index is 275. The Kier molecular flexibility index (Phi) is 4.23. The maximum absolute atomic E-state index is 6.23. The molecule has 0 aliphatic carbocycles. The van der Waals surface area contributed by atoms with E-state index in [1.807, 2.05) is 38.4 Å². The minimum absolute atomic E-state index is 0.0468. The molecule has 0 fully saturated rings. The van der Waals surface area contributed by atoms with Gasteiger partial charge in [-0.3, -0.25) is 0 Å². The predicted octanol–water partition coefficient (Wildman–Crippen LogP) is 3.29. The summed E-state index contributed by atoms with van der Waals surface area (Å²) in [7, 11) is 4.04. The van der Waals surface area contributed by atoms with Crippen molar-refractivity contribution in [3.63, 3.8) is 0 Å². The molecule has 0 aliphatic rings. The van der Waals surface area contributed by atoms with Crippen molar-refractivity contribution in [1.82, 2.24) is 4.90 Å². The standard InChI is InChI=1S/C10H13BrClN/c1-13(2)7-10(12)8-5-3-4-6-9(8)11/h3-6,10H,7H2,1-2H3. The molecule has 1 aromatic carbocycles. The first-order chi connectivity index (χ1) is 6.11. The molecule has 3 heteroatoms. The number of likely N-dealkylation sites (N-methyl/N-ethyl adjacent to an activating group) is 1. The quantitative estimate of drug-likeness (QED) is 0.756. The molecular formula is C10H13BrClN. The molecule has 1 rings (SSSR count). The van der Waals surface area contributed by atoms with E-state index in [0.29, 0.717) is 0 Å². The SMILES string of the molecule is CN(C)CC(Cl)c1ccccc1Br. The molecule has 0 aromatic heterocycles. The van der Waals surface area contributed by atoms with Gasteiger partial charge in [-0.25, -0.2) is 0 Å². The van der Waals surface area contributed by atoms with Crippen molar-refractivity contribution in [2.45, 2.75) is 5.38 Å². The van der Waals surface area contributed by atoms with Crippen LogP contribution in [0.15, 0.2) is 28.7 Å². The van der Waals surface area contributed by atoms with Crippen LogP contribution in [0.2, 0.25) is 0 Å². The highest BCUT2D eigenvalue weighted by Gasteiger charge is 2.11. The van der Waals surface area contributed by atoms with Crippen molar-refractivity contribution in [3.05, 3.63) is 34.3 Å². The molecule has 0 saturated carbocycles. The molecule has 0 heterocycles. The summed E-state index contributed by atoms with van der Waals surface area (Å²) >= 11 is 9.72. The van der Waals surface area contributed by atoms with E-state index in [4.69, 9.17) is 11.6 Å². The van der Waals surface area contributed by atoms with Gasteiger partial charge in [0.05, 0.1) is 5.38 Å². The molecule has 0 radical (unpaired) electrons. The van der Waals surface area contributed by atoms with Crippen LogP contribution in [0.4, 0.5) is 0 Å². The van der Waals surface area contributed by atoms with Gasteiger partial charge in [-0.15, -0.1) is 11.6 Å². The number of halogens is 2. The van der Waals surface area contributed by atoms with Crippen molar-refractivity contribution in [1.29, 1.82) is 0 Å². The van der Waals surface area contributed by atoms with E-state index in [1.54, 1.807) is 0 Å². The van der Waals surface area contributed by atoms with Gasteiger partial charge in [-0.2, -0.15) is 0 Å². The van der Waals surface area contributed by atoms with Gasteiger partial charge < -0.3 is 4.90 Å². The largest absolute Gasteiger partial charge is 0.308 e. The average molecular weight is 263 g/mol. The minimum Gasteiger partial charge on any atom is -0.308 e. The molecule has 0 aliphatic heterocycles. The number of alkyl halides is 1. The van der Waals surface area contributed by atoms with Crippen LogP contribution >= 0.6 is 27.5 Å². The summed E-state index contributed by atoms with van der Waals surface area (Å²) in [6.07, 6.45) is 0. The lowest BCUT2D eigenvalue weighted by Crippen LogP contribution is -2.17. The third kappa shape index (κ3) is 3.29. The fraction of sp³-hybridized carbons (Fsp3) is 0.400. The van der Waals surface area contributed by atoms with E-state index in [-0.39, 0.29) is 5.38 Å². The highest BCUT2D eigenvalue weighted by atomic mass is 79.9. The lowest BCUT2D eigenvalue weighted by molar-refractivity contribution is 0.407. The lowest BCUT2D eigenvalue weighted by atomic mass is 10.1. The van der Waals surface area contributed by atoms with Gasteiger partial charge in [0.2, 0.25) is 0 Å². The zero-order valence-corrected chi connectivity index (χ0v) is 10.1. The maximum Gasteiger partial charge on any atom is 0.0722 e. The molecule has 72 valence electrons. The fourth-order valence-corrected chi connectivity index (χ4v) is 2.31. The first-order valence-electron chi connectivity index (χ1n) is 4.14. The van der Waals surface area contributed by atoms with Gasteiger partial charge in [0.15, 0.2) is 0 Å². The second-order valence-corrected chi connectivity index (χ2v) is 4.63. The van der Waals surface area contributed by atoms with Crippen molar-refractivity contribution < 1.29 is 0 Å². The number of rotatable bonds is 3. The number of benzene rings is 1. The second-order valence-electron chi connectivity index (χ2n) is 3.25. The van der Waals surface area contributed by atoms with Gasteiger partial charge in [-0.1, -0.05) is 34.1 Å². The summed E-state index contributed by atoms with van der Waals surface area (Å²) in [5, 5.41) is 0.0468. The maximum atomic E-state index is 6.23. The Labute approximate surface area is 92.8 Å². The topological polar surface area (TPSA) is 3.24 Å². The van der Waals surface area contributed by atoms with Crippen molar-refractivity contribution in [2.24, 2.45) is 0 Å². The first kappa shape index (κ1) is 11.0. The van der Waals surface area contributed by atoms with E-state index < -0.39 is 0 Å². The highest BCUT2D eigenvalue weighted by molar-refractivity contribution is 9.10. The van der Waals surface area contributed by atoms with Crippen LogP contribution in [0.1, 0.15) is 10.9 Å². The van der Waals surface area contributed by atoms with Crippen molar-refractivity contribution >= 4 is 27.5 Å². The van der Waals surface area contributed by atoms with E-state index in [1.165, 1.54) is 0 Å². The van der Waals surface area contributed by atoms with Crippen LogP contribution in [0.3, 0.4) is 0 Å². The molecule has 13 heavy (non-hydrogen) atoms. The second kappa shape index (κ2) is 4.99. The molecule has 0 amide bonds. The molecule has 0 N–H and O–H groups in total. The number of hydrogen-bond acceptors (Lipinski definition) is 1. The molecule has 1 aromatic rings. The Morgan fingerprint density at radius 3 is 2.54 bits per heavy atom. The summed E-state index contributed by atoms with van der Waals surface area (Å²) in [5.41, 5.74) is 1.15. The normalized spacial score (nSPS) is 13.3. The summed E-state index contributed by atoms with van der Waals surface area (Å²) in [4.78, 5) is 2.08. The lowest BCUT2D eigenvalue weighted by Gasteiger charge is -2.16. The van der Waals surface area contributed by atoms with Gasteiger partial charge >= 0.3 is 0 Å². The summed E-state index contributed by atoms with van der Waals surface area (Å²) in [5.74, 6) is 0. The van der Waals surface area contributed by atoms with Crippen LogP contribution in [0, 0.1) is 0 Å². The van der Waals surface area contributed by atoms with Crippen molar-refractivity contribution in [3.8, 4) is 0 Å². The summed E-state index contributed by atoms with van der Waals surface area (Å²) in [6, 6.07) is 8.06. The average Bonchev–Trinajstić information content (AvgIpc) is 2.03. The Morgan fingerprint density at radius 2 is 2.00 bits per heavy atom. The summed E-state index contributed by atoms with van der Waals surface area (Å²) < 4.78 is 1.08. The van der Waals surface area contributed by atoms with E-state index in [2.05, 4.69) is 20.8 Å². The Morgan fingerprint density at radius 1 is 1.38 bits per heavy atom. The molecule has 0 saturated heterocycles. The van der Waals surface area contributed by atoms with E-state index in [9.17, 15) is 0 Å². The van der Waals surface area contributed by atoms with Gasteiger partial charge in [0.25, 0.3) is 0 Å². The highest BCUT2D eigenvalue weighted by Crippen LogP contribution is 2.27. The Balaban J connectivity index is 2.76. The Hall–Kier alpha value is -0.0500. The van der Waals surface area contributed by atoms with Crippen LogP contribution in [-0.2, 0) is 0 Å². The van der Waals surface area contributed by atoms with Crippen LogP contribution in [-0.4, -0.2) is 25.5 Å². The molecule has 1 atom stereocenters. The van der Waals surface area contributed by atoms with E-state index >= 15 is 0 Å². The van der Waals surface area contributed by atoms with Crippen LogP contribution < -0.4 is 0 Å².